The molecule has 3 aromatic rings. The van der Waals surface area contributed by atoms with Gasteiger partial charge in [0.15, 0.2) is 0 Å². The van der Waals surface area contributed by atoms with E-state index >= 15 is 0 Å². The molecule has 0 spiro atoms. The standard InChI is InChI=1S/C21H24N4O3/c1-13(2)25-18-11-15(9-10-16(18)23-21(25)28)20(27)24(3)17(12-19(22)26)14-7-5-4-6-8-14/h4-11,13,17H,12H2,1-3H3,(H2,22,26)(H,23,28). The fourth-order valence-corrected chi connectivity index (χ4v) is 3.46. The van der Waals surface area contributed by atoms with Gasteiger partial charge in [-0.2, -0.15) is 0 Å². The van der Waals surface area contributed by atoms with Crippen LogP contribution in [0.1, 0.15) is 48.3 Å². The number of amides is 2. The van der Waals surface area contributed by atoms with Gasteiger partial charge in [0.25, 0.3) is 5.91 Å². The van der Waals surface area contributed by atoms with Gasteiger partial charge in [0.2, 0.25) is 5.91 Å². The van der Waals surface area contributed by atoms with Gasteiger partial charge in [0.1, 0.15) is 0 Å². The molecular formula is C21H24N4O3. The molecule has 28 heavy (non-hydrogen) atoms. The molecule has 0 fully saturated rings. The van der Waals surface area contributed by atoms with Gasteiger partial charge < -0.3 is 15.6 Å². The number of hydrogen-bond acceptors (Lipinski definition) is 3. The molecule has 0 aliphatic rings. The van der Waals surface area contributed by atoms with Crippen molar-refractivity contribution >= 4 is 22.8 Å². The minimum atomic E-state index is -0.483. The predicted molar refractivity (Wildman–Crippen MR) is 108 cm³/mol. The van der Waals surface area contributed by atoms with Crippen LogP contribution in [0.25, 0.3) is 11.0 Å². The van der Waals surface area contributed by atoms with Gasteiger partial charge in [-0.25, -0.2) is 4.79 Å². The SMILES string of the molecule is CC(C)n1c(=O)[nH]c2ccc(C(=O)N(C)C(CC(N)=O)c3ccccc3)cc21. The lowest BCUT2D eigenvalue weighted by Gasteiger charge is -2.28. The van der Waals surface area contributed by atoms with Crippen molar-refractivity contribution < 1.29 is 9.59 Å². The lowest BCUT2D eigenvalue weighted by Crippen LogP contribution is -2.34. The lowest BCUT2D eigenvalue weighted by molar-refractivity contribution is -0.119. The van der Waals surface area contributed by atoms with Crippen LogP contribution in [0.2, 0.25) is 0 Å². The van der Waals surface area contributed by atoms with Gasteiger partial charge >= 0.3 is 5.69 Å². The van der Waals surface area contributed by atoms with Gasteiger partial charge in [0.05, 0.1) is 23.5 Å². The summed E-state index contributed by atoms with van der Waals surface area (Å²) >= 11 is 0. The molecule has 7 heteroatoms. The zero-order chi connectivity index (χ0) is 20.4. The zero-order valence-corrected chi connectivity index (χ0v) is 16.2. The molecule has 1 heterocycles. The molecule has 2 amide bonds. The van der Waals surface area contributed by atoms with E-state index in [1.54, 1.807) is 29.8 Å². The summed E-state index contributed by atoms with van der Waals surface area (Å²) in [6.45, 7) is 3.82. The van der Waals surface area contributed by atoms with Gasteiger partial charge in [-0.15, -0.1) is 0 Å². The number of nitrogens with two attached hydrogens (primary N) is 1. The number of hydrogen-bond donors (Lipinski definition) is 2. The maximum Gasteiger partial charge on any atom is 0.326 e. The van der Waals surface area contributed by atoms with E-state index < -0.39 is 11.9 Å². The van der Waals surface area contributed by atoms with Gasteiger partial charge in [-0.3, -0.25) is 14.2 Å². The predicted octanol–water partition coefficient (Wildman–Crippen LogP) is 2.60. The number of benzene rings is 2. The maximum atomic E-state index is 13.1. The molecule has 1 aromatic heterocycles. The number of aromatic nitrogens is 2. The second-order valence-electron chi connectivity index (χ2n) is 7.14. The molecule has 0 saturated carbocycles. The first-order chi connectivity index (χ1) is 13.3. The number of imidazole rings is 1. The monoisotopic (exact) mass is 380 g/mol. The number of rotatable bonds is 6. The first-order valence-electron chi connectivity index (χ1n) is 9.14. The number of carbonyl (C=O) groups is 2. The van der Waals surface area contributed by atoms with Crippen LogP contribution in [0.15, 0.2) is 53.3 Å². The molecule has 2 aromatic carbocycles. The van der Waals surface area contributed by atoms with Crippen molar-refractivity contribution in [2.45, 2.75) is 32.4 Å². The Morgan fingerprint density at radius 2 is 1.82 bits per heavy atom. The summed E-state index contributed by atoms with van der Waals surface area (Å²) in [4.78, 5) is 41.2. The number of fused-ring (bicyclic) bond motifs is 1. The van der Waals surface area contributed by atoms with Crippen LogP contribution in [0.5, 0.6) is 0 Å². The molecule has 146 valence electrons. The fraction of sp³-hybridized carbons (Fsp3) is 0.286. The summed E-state index contributed by atoms with van der Waals surface area (Å²) in [5.74, 6) is -0.732. The molecule has 0 bridgehead atoms. The minimum Gasteiger partial charge on any atom is -0.370 e. The molecule has 0 aliphatic carbocycles. The molecule has 0 saturated heterocycles. The number of carbonyl (C=O) groups excluding carboxylic acids is 2. The smallest absolute Gasteiger partial charge is 0.326 e. The van der Waals surface area contributed by atoms with Crippen LogP contribution in [-0.4, -0.2) is 33.3 Å². The Morgan fingerprint density at radius 3 is 2.43 bits per heavy atom. The van der Waals surface area contributed by atoms with Crippen molar-refractivity contribution in [3.63, 3.8) is 0 Å². The average molecular weight is 380 g/mol. The highest BCUT2D eigenvalue weighted by Crippen LogP contribution is 2.25. The van der Waals surface area contributed by atoms with E-state index in [1.807, 2.05) is 44.2 Å². The Hall–Kier alpha value is -3.35. The fourth-order valence-electron chi connectivity index (χ4n) is 3.46. The maximum absolute atomic E-state index is 13.1. The molecule has 3 N–H and O–H groups in total. The third-order valence-corrected chi connectivity index (χ3v) is 4.85. The Bertz CT molecular complexity index is 1070. The second kappa shape index (κ2) is 7.72. The van der Waals surface area contributed by atoms with Crippen LogP contribution in [0.3, 0.4) is 0 Å². The normalized spacial score (nSPS) is 12.3. The molecule has 3 rings (SSSR count). The quantitative estimate of drug-likeness (QED) is 0.687. The third kappa shape index (κ3) is 3.69. The second-order valence-corrected chi connectivity index (χ2v) is 7.14. The van der Waals surface area contributed by atoms with Gasteiger partial charge in [-0.1, -0.05) is 30.3 Å². The number of nitrogens with one attached hydrogen (secondary N) is 1. The van der Waals surface area contributed by atoms with Crippen LogP contribution < -0.4 is 11.4 Å². The largest absolute Gasteiger partial charge is 0.370 e. The summed E-state index contributed by atoms with van der Waals surface area (Å²) in [6.07, 6.45) is 0.0232. The lowest BCUT2D eigenvalue weighted by atomic mass is 10.0. The van der Waals surface area contributed by atoms with Crippen molar-refractivity contribution in [3.05, 3.63) is 70.1 Å². The van der Waals surface area contributed by atoms with E-state index in [0.29, 0.717) is 16.6 Å². The van der Waals surface area contributed by atoms with Crippen molar-refractivity contribution in [1.29, 1.82) is 0 Å². The summed E-state index contributed by atoms with van der Waals surface area (Å²) in [6, 6.07) is 13.9. The summed E-state index contributed by atoms with van der Waals surface area (Å²) in [5, 5.41) is 0. The zero-order valence-electron chi connectivity index (χ0n) is 16.2. The van der Waals surface area contributed by atoms with E-state index in [-0.39, 0.29) is 24.1 Å². The van der Waals surface area contributed by atoms with Crippen molar-refractivity contribution in [3.8, 4) is 0 Å². The van der Waals surface area contributed by atoms with Crippen LogP contribution >= 0.6 is 0 Å². The summed E-state index contributed by atoms with van der Waals surface area (Å²) in [7, 11) is 1.65. The van der Waals surface area contributed by atoms with E-state index in [2.05, 4.69) is 4.98 Å². The molecular weight excluding hydrogens is 356 g/mol. The molecule has 1 atom stereocenters. The molecule has 1 unspecified atom stereocenters. The summed E-state index contributed by atoms with van der Waals surface area (Å²) < 4.78 is 1.62. The molecule has 0 radical (unpaired) electrons. The Labute approximate surface area is 162 Å². The molecule has 7 nitrogen and oxygen atoms in total. The Balaban J connectivity index is 2.00. The number of primary amides is 1. The number of aromatic amines is 1. The third-order valence-electron chi connectivity index (χ3n) is 4.85. The van der Waals surface area contributed by atoms with Crippen LogP contribution in [-0.2, 0) is 4.79 Å². The van der Waals surface area contributed by atoms with Crippen LogP contribution in [0.4, 0.5) is 0 Å². The highest BCUT2D eigenvalue weighted by Gasteiger charge is 2.25. The highest BCUT2D eigenvalue weighted by molar-refractivity contribution is 5.97. The van der Waals surface area contributed by atoms with Crippen molar-refractivity contribution in [2.24, 2.45) is 5.73 Å². The van der Waals surface area contributed by atoms with E-state index in [4.69, 9.17) is 5.73 Å². The Kier molecular flexibility index (Phi) is 5.35. The number of H-pyrrole nitrogens is 1. The van der Waals surface area contributed by atoms with Crippen molar-refractivity contribution in [1.82, 2.24) is 14.5 Å². The van der Waals surface area contributed by atoms with Crippen LogP contribution in [0, 0.1) is 0 Å². The average Bonchev–Trinajstić information content (AvgIpc) is 3.00. The Morgan fingerprint density at radius 1 is 1.14 bits per heavy atom. The number of nitrogens with zero attached hydrogens (tertiary/aromatic N) is 2. The topological polar surface area (TPSA) is 101 Å². The highest BCUT2D eigenvalue weighted by atomic mass is 16.2. The summed E-state index contributed by atoms with van der Waals surface area (Å²) in [5.41, 5.74) is 7.83. The first kappa shape index (κ1) is 19.4. The van der Waals surface area contributed by atoms with Gasteiger partial charge in [0, 0.05) is 18.7 Å². The van der Waals surface area contributed by atoms with Gasteiger partial charge in [-0.05, 0) is 37.6 Å². The van der Waals surface area contributed by atoms with E-state index in [1.165, 1.54) is 4.90 Å². The molecule has 0 aliphatic heterocycles. The minimum absolute atomic E-state index is 0.0232. The van der Waals surface area contributed by atoms with Crippen molar-refractivity contribution in [2.75, 3.05) is 7.05 Å². The first-order valence-corrected chi connectivity index (χ1v) is 9.14. The van der Waals surface area contributed by atoms with E-state index in [9.17, 15) is 14.4 Å². The van der Waals surface area contributed by atoms with E-state index in [0.717, 1.165) is 5.56 Å².